The number of hydrogen-bond acceptors (Lipinski definition) is 3. The number of halogens is 3. The van der Waals surface area contributed by atoms with Gasteiger partial charge in [-0.05, 0) is 0 Å². The zero-order valence-electron chi connectivity index (χ0n) is 7.58. The molecule has 0 saturated heterocycles. The quantitative estimate of drug-likeness (QED) is 0.743. The molecule has 0 fully saturated rings. The van der Waals surface area contributed by atoms with Gasteiger partial charge < -0.3 is 9.30 Å². The molecule has 7 heteroatoms. The first-order valence-corrected chi connectivity index (χ1v) is 3.95. The van der Waals surface area contributed by atoms with Gasteiger partial charge in [0.25, 0.3) is 0 Å². The summed E-state index contributed by atoms with van der Waals surface area (Å²) in [6.45, 7) is 0.664. The SMILES string of the molecule is COCCn1cnnc1CC(F)(F)F. The molecule has 0 unspecified atom stereocenters. The number of aromatic nitrogens is 3. The molecule has 0 saturated carbocycles. The van der Waals surface area contributed by atoms with E-state index in [1.165, 1.54) is 18.0 Å². The maximum atomic E-state index is 12.0. The molecule has 4 nitrogen and oxygen atoms in total. The third-order valence-corrected chi connectivity index (χ3v) is 1.59. The minimum Gasteiger partial charge on any atom is -0.383 e. The van der Waals surface area contributed by atoms with Gasteiger partial charge in [-0.15, -0.1) is 10.2 Å². The minimum atomic E-state index is -4.25. The lowest BCUT2D eigenvalue weighted by molar-refractivity contribution is -0.129. The van der Waals surface area contributed by atoms with Gasteiger partial charge in [0.2, 0.25) is 0 Å². The van der Waals surface area contributed by atoms with E-state index in [9.17, 15) is 13.2 Å². The molecule has 0 bridgehead atoms. The highest BCUT2D eigenvalue weighted by molar-refractivity contribution is 4.88. The van der Waals surface area contributed by atoms with Crippen LogP contribution in [0, 0.1) is 0 Å². The number of alkyl halides is 3. The van der Waals surface area contributed by atoms with Crippen LogP contribution in [0.15, 0.2) is 6.33 Å². The molecule has 0 aliphatic carbocycles. The summed E-state index contributed by atoms with van der Waals surface area (Å²) >= 11 is 0. The van der Waals surface area contributed by atoms with E-state index in [1.807, 2.05) is 0 Å². The van der Waals surface area contributed by atoms with Gasteiger partial charge in [-0.3, -0.25) is 0 Å². The highest BCUT2D eigenvalue weighted by atomic mass is 19.4. The number of methoxy groups -OCH3 is 1. The Kier molecular flexibility index (Phi) is 3.45. The van der Waals surface area contributed by atoms with E-state index in [4.69, 9.17) is 4.74 Å². The minimum absolute atomic E-state index is 0.0884. The average molecular weight is 209 g/mol. The lowest BCUT2D eigenvalue weighted by Crippen LogP contribution is -2.17. The molecular weight excluding hydrogens is 199 g/mol. The van der Waals surface area contributed by atoms with Gasteiger partial charge in [0.15, 0.2) is 0 Å². The zero-order chi connectivity index (χ0) is 10.6. The van der Waals surface area contributed by atoms with Crippen molar-refractivity contribution in [1.82, 2.24) is 14.8 Å². The van der Waals surface area contributed by atoms with E-state index in [2.05, 4.69) is 10.2 Å². The maximum Gasteiger partial charge on any atom is 0.396 e. The van der Waals surface area contributed by atoms with Gasteiger partial charge in [0.1, 0.15) is 18.6 Å². The molecule has 1 aromatic heterocycles. The summed E-state index contributed by atoms with van der Waals surface area (Å²) in [6.07, 6.45) is -4.05. The molecule has 0 amide bonds. The van der Waals surface area contributed by atoms with E-state index in [0.29, 0.717) is 13.2 Å². The lowest BCUT2D eigenvalue weighted by atomic mass is 10.4. The van der Waals surface area contributed by atoms with Crippen LogP contribution >= 0.6 is 0 Å². The molecule has 1 aromatic rings. The van der Waals surface area contributed by atoms with Crippen LogP contribution in [0.25, 0.3) is 0 Å². The third-order valence-electron chi connectivity index (χ3n) is 1.59. The summed E-state index contributed by atoms with van der Waals surface area (Å²) in [7, 11) is 1.48. The van der Waals surface area contributed by atoms with Gasteiger partial charge in [-0.25, -0.2) is 0 Å². The molecule has 0 radical (unpaired) electrons. The van der Waals surface area contributed by atoms with Crippen LogP contribution in [0.5, 0.6) is 0 Å². The first-order valence-electron chi connectivity index (χ1n) is 3.95. The first kappa shape index (κ1) is 11.0. The van der Waals surface area contributed by atoms with E-state index < -0.39 is 12.6 Å². The maximum absolute atomic E-state index is 12.0. The van der Waals surface area contributed by atoms with Crippen molar-refractivity contribution in [3.8, 4) is 0 Å². The Morgan fingerprint density at radius 2 is 2.21 bits per heavy atom. The Morgan fingerprint density at radius 3 is 2.79 bits per heavy atom. The Bertz CT molecular complexity index is 284. The summed E-state index contributed by atoms with van der Waals surface area (Å²) < 4.78 is 42.1. The number of rotatable bonds is 4. The van der Waals surface area contributed by atoms with E-state index in [1.54, 1.807) is 0 Å². The Hall–Kier alpha value is -1.11. The topological polar surface area (TPSA) is 39.9 Å². The van der Waals surface area contributed by atoms with Crippen molar-refractivity contribution >= 4 is 0 Å². The summed E-state index contributed by atoms with van der Waals surface area (Å²) in [6, 6.07) is 0. The van der Waals surface area contributed by atoms with E-state index in [-0.39, 0.29) is 5.82 Å². The van der Waals surface area contributed by atoms with Crippen LogP contribution in [0.2, 0.25) is 0 Å². The van der Waals surface area contributed by atoms with Crippen LogP contribution in [0.4, 0.5) is 13.2 Å². The molecule has 0 aliphatic heterocycles. The summed E-state index contributed by atoms with van der Waals surface area (Å²) in [4.78, 5) is 0. The molecule has 0 aliphatic rings. The molecule has 0 N–H and O–H groups in total. The van der Waals surface area contributed by atoms with Crippen molar-refractivity contribution in [3.05, 3.63) is 12.2 Å². The van der Waals surface area contributed by atoms with Crippen molar-refractivity contribution in [3.63, 3.8) is 0 Å². The number of hydrogen-bond donors (Lipinski definition) is 0. The standard InChI is InChI=1S/C7H10F3N3O/c1-14-3-2-13-5-11-12-6(13)4-7(8,9)10/h5H,2-4H2,1H3. The molecule has 0 spiro atoms. The summed E-state index contributed by atoms with van der Waals surface area (Å²) in [5.74, 6) is -0.0884. The molecule has 1 rings (SSSR count). The highest BCUT2D eigenvalue weighted by Gasteiger charge is 2.30. The monoisotopic (exact) mass is 209 g/mol. The fourth-order valence-corrected chi connectivity index (χ4v) is 0.971. The van der Waals surface area contributed by atoms with Crippen molar-refractivity contribution in [2.24, 2.45) is 0 Å². The van der Waals surface area contributed by atoms with Crippen molar-refractivity contribution in [2.45, 2.75) is 19.1 Å². The van der Waals surface area contributed by atoms with Crippen LogP contribution in [0.1, 0.15) is 5.82 Å². The highest BCUT2D eigenvalue weighted by Crippen LogP contribution is 2.19. The van der Waals surface area contributed by atoms with Crippen LogP contribution in [0.3, 0.4) is 0 Å². The van der Waals surface area contributed by atoms with Gasteiger partial charge in [-0.2, -0.15) is 13.2 Å². The van der Waals surface area contributed by atoms with Crippen LogP contribution in [-0.2, 0) is 17.7 Å². The number of nitrogens with zero attached hydrogens (tertiary/aromatic N) is 3. The second-order valence-electron chi connectivity index (χ2n) is 2.73. The Morgan fingerprint density at radius 1 is 1.50 bits per heavy atom. The lowest BCUT2D eigenvalue weighted by Gasteiger charge is -2.07. The predicted molar refractivity (Wildman–Crippen MR) is 41.7 cm³/mol. The van der Waals surface area contributed by atoms with Gasteiger partial charge in [0.05, 0.1) is 6.61 Å². The fraction of sp³-hybridized carbons (Fsp3) is 0.714. The fourth-order valence-electron chi connectivity index (χ4n) is 0.971. The predicted octanol–water partition coefficient (Wildman–Crippen LogP) is 1.03. The molecule has 0 atom stereocenters. The smallest absolute Gasteiger partial charge is 0.383 e. The largest absolute Gasteiger partial charge is 0.396 e. The van der Waals surface area contributed by atoms with Crippen molar-refractivity contribution in [1.29, 1.82) is 0 Å². The van der Waals surface area contributed by atoms with Crippen LogP contribution in [-0.4, -0.2) is 34.7 Å². The second-order valence-corrected chi connectivity index (χ2v) is 2.73. The molecule has 80 valence electrons. The average Bonchev–Trinajstić information content (AvgIpc) is 2.45. The van der Waals surface area contributed by atoms with Crippen LogP contribution < -0.4 is 0 Å². The van der Waals surface area contributed by atoms with Crippen molar-refractivity contribution in [2.75, 3.05) is 13.7 Å². The first-order chi connectivity index (χ1) is 6.53. The zero-order valence-corrected chi connectivity index (χ0v) is 7.58. The Labute approximate surface area is 78.7 Å². The van der Waals surface area contributed by atoms with Crippen molar-refractivity contribution < 1.29 is 17.9 Å². The third kappa shape index (κ3) is 3.33. The molecular formula is C7H10F3N3O. The van der Waals surface area contributed by atoms with Gasteiger partial charge >= 0.3 is 6.18 Å². The van der Waals surface area contributed by atoms with E-state index >= 15 is 0 Å². The second kappa shape index (κ2) is 4.41. The summed E-state index contributed by atoms with van der Waals surface area (Å²) in [5.41, 5.74) is 0. The summed E-state index contributed by atoms with van der Waals surface area (Å²) in [5, 5.41) is 6.81. The number of ether oxygens (including phenoxy) is 1. The normalized spacial score (nSPS) is 12.0. The van der Waals surface area contributed by atoms with Gasteiger partial charge in [0, 0.05) is 13.7 Å². The van der Waals surface area contributed by atoms with Gasteiger partial charge in [-0.1, -0.05) is 0 Å². The molecule has 0 aromatic carbocycles. The molecule has 14 heavy (non-hydrogen) atoms. The van der Waals surface area contributed by atoms with E-state index in [0.717, 1.165) is 0 Å². The molecule has 1 heterocycles. The Balaban J connectivity index is 2.63.